The molecule has 0 saturated heterocycles. The van der Waals surface area contributed by atoms with Gasteiger partial charge in [-0.05, 0) is 24.6 Å². The molecule has 6 heteroatoms. The molecule has 3 rings (SSSR count). The zero-order chi connectivity index (χ0) is 16.4. The number of carbonyl (C=O) groups excluding carboxylic acids is 1. The molecule has 3 aromatic rings. The van der Waals surface area contributed by atoms with Crippen LogP contribution in [0.4, 0.5) is 0 Å². The van der Waals surface area contributed by atoms with Crippen molar-refractivity contribution in [2.24, 2.45) is 0 Å². The van der Waals surface area contributed by atoms with Crippen molar-refractivity contribution in [3.8, 4) is 0 Å². The smallest absolute Gasteiger partial charge is 0.344 e. The van der Waals surface area contributed by atoms with Crippen LogP contribution in [-0.2, 0) is 11.3 Å². The number of rotatable bonds is 3. The Morgan fingerprint density at radius 3 is 2.91 bits per heavy atom. The van der Waals surface area contributed by atoms with Crippen LogP contribution in [0, 0.1) is 12.1 Å². The summed E-state index contributed by atoms with van der Waals surface area (Å²) in [6.45, 7) is 1.80. The molecular weight excluding hydrogens is 298 g/mol. The van der Waals surface area contributed by atoms with Crippen molar-refractivity contribution >= 4 is 16.9 Å². The van der Waals surface area contributed by atoms with Crippen molar-refractivity contribution in [1.29, 1.82) is 0 Å². The normalized spacial score (nSPS) is 10.7. The number of aryl methyl sites for hydroxylation is 1. The molecule has 0 atom stereocenters. The van der Waals surface area contributed by atoms with Crippen molar-refractivity contribution in [2.45, 2.75) is 13.5 Å². The first-order valence-corrected chi connectivity index (χ1v) is 6.92. The Hall–Kier alpha value is -3.15. The molecule has 0 N–H and O–H groups in total. The third kappa shape index (κ3) is 3.21. The van der Waals surface area contributed by atoms with E-state index in [9.17, 15) is 14.8 Å². The molecule has 0 aliphatic carbocycles. The van der Waals surface area contributed by atoms with Gasteiger partial charge in [0.05, 0.1) is 0 Å². The number of aromatic nitrogens is 1. The molecule has 0 spiro atoms. The van der Waals surface area contributed by atoms with Crippen LogP contribution >= 0.6 is 0 Å². The number of fused-ring (bicyclic) bond motifs is 1. The van der Waals surface area contributed by atoms with Gasteiger partial charge in [0, 0.05) is 23.1 Å². The third-order valence-corrected chi connectivity index (χ3v) is 3.36. The maximum atomic E-state index is 12.0. The van der Waals surface area contributed by atoms with Gasteiger partial charge in [0.1, 0.15) is 17.8 Å². The van der Waals surface area contributed by atoms with Crippen molar-refractivity contribution in [2.75, 3.05) is 0 Å². The fourth-order valence-corrected chi connectivity index (χ4v) is 2.26. The summed E-state index contributed by atoms with van der Waals surface area (Å²) < 4.78 is 10.9. The lowest BCUT2D eigenvalue weighted by molar-refractivity contribution is -0.605. The summed E-state index contributed by atoms with van der Waals surface area (Å²) in [4.78, 5) is 23.6. The van der Waals surface area contributed by atoms with Gasteiger partial charge in [0.25, 0.3) is 0 Å². The quantitative estimate of drug-likeness (QED) is 0.320. The van der Waals surface area contributed by atoms with E-state index in [0.717, 1.165) is 11.8 Å². The average molecular weight is 311 g/mol. The predicted molar refractivity (Wildman–Crippen MR) is 81.7 cm³/mol. The van der Waals surface area contributed by atoms with Gasteiger partial charge in [0.2, 0.25) is 0 Å². The molecule has 0 saturated carbocycles. The fraction of sp³-hybridized carbons (Fsp3) is 0.118. The number of pyridine rings is 1. The average Bonchev–Trinajstić information content (AvgIpc) is 2.51. The Labute approximate surface area is 131 Å². The minimum absolute atomic E-state index is 0.0856. The maximum absolute atomic E-state index is 12.0. The highest BCUT2D eigenvalue weighted by atomic mass is 16.5. The zero-order valence-corrected chi connectivity index (χ0v) is 12.3. The zero-order valence-electron chi connectivity index (χ0n) is 12.3. The van der Waals surface area contributed by atoms with Gasteiger partial charge in [-0.15, -0.1) is 0 Å². The van der Waals surface area contributed by atoms with Gasteiger partial charge in [-0.1, -0.05) is 12.1 Å². The van der Waals surface area contributed by atoms with Crippen molar-refractivity contribution in [3.63, 3.8) is 0 Å². The molecule has 0 fully saturated rings. The van der Waals surface area contributed by atoms with Crippen molar-refractivity contribution in [1.82, 2.24) is 0 Å². The molecule has 1 aromatic carbocycles. The van der Waals surface area contributed by atoms with Gasteiger partial charge in [-0.3, -0.25) is 0 Å². The maximum Gasteiger partial charge on any atom is 0.344 e. The summed E-state index contributed by atoms with van der Waals surface area (Å²) >= 11 is 0. The minimum atomic E-state index is -0.635. The van der Waals surface area contributed by atoms with Gasteiger partial charge in [0.15, 0.2) is 12.4 Å². The van der Waals surface area contributed by atoms with Crippen LogP contribution in [0.25, 0.3) is 11.0 Å². The van der Waals surface area contributed by atoms with Crippen LogP contribution in [0.3, 0.4) is 0 Å². The summed E-state index contributed by atoms with van der Waals surface area (Å²) in [5.74, 6) is -0.635. The van der Waals surface area contributed by atoms with E-state index in [0.29, 0.717) is 21.3 Å². The second kappa shape index (κ2) is 5.92. The van der Waals surface area contributed by atoms with E-state index in [1.54, 1.807) is 6.07 Å². The first kappa shape index (κ1) is 14.8. The number of esters is 1. The number of hydrogen-bond donors (Lipinski definition) is 0. The van der Waals surface area contributed by atoms with Gasteiger partial charge >= 0.3 is 11.6 Å². The number of carbonyl (C=O) groups is 1. The number of nitrogens with zero attached hydrogens (tertiary/aromatic N) is 1. The third-order valence-electron chi connectivity index (χ3n) is 3.36. The van der Waals surface area contributed by atoms with E-state index in [1.807, 2.05) is 19.1 Å². The lowest BCUT2D eigenvalue weighted by atomic mass is 10.1. The van der Waals surface area contributed by atoms with Crippen LogP contribution in [0.5, 0.6) is 0 Å². The molecule has 23 heavy (non-hydrogen) atoms. The molecule has 0 unspecified atom stereocenters. The van der Waals surface area contributed by atoms with Gasteiger partial charge in [-0.2, -0.15) is 4.73 Å². The van der Waals surface area contributed by atoms with Crippen LogP contribution in [-0.4, -0.2) is 5.97 Å². The Bertz CT molecular complexity index is 945. The Kier molecular flexibility index (Phi) is 3.80. The summed E-state index contributed by atoms with van der Waals surface area (Å²) in [5, 5.41) is 11.9. The van der Waals surface area contributed by atoms with E-state index >= 15 is 0 Å². The molecule has 0 aliphatic heterocycles. The summed E-state index contributed by atoms with van der Waals surface area (Å²) in [6, 6.07) is 9.68. The lowest BCUT2D eigenvalue weighted by Crippen LogP contribution is -2.26. The lowest BCUT2D eigenvalue weighted by Gasteiger charge is -2.07. The van der Waals surface area contributed by atoms with E-state index in [-0.39, 0.29) is 12.2 Å². The second-order valence-corrected chi connectivity index (χ2v) is 5.12. The first-order valence-electron chi connectivity index (χ1n) is 6.92. The summed E-state index contributed by atoms with van der Waals surface area (Å²) in [5.41, 5.74) is 1.59. The van der Waals surface area contributed by atoms with E-state index in [2.05, 4.69) is 0 Å². The highest BCUT2D eigenvalue weighted by molar-refractivity contribution is 5.89. The number of hydrogen-bond acceptors (Lipinski definition) is 5. The van der Waals surface area contributed by atoms with Crippen molar-refractivity contribution < 1.29 is 18.7 Å². The highest BCUT2D eigenvalue weighted by Gasteiger charge is 2.12. The molecule has 2 aromatic heterocycles. The number of ether oxygens (including phenoxy) is 1. The van der Waals surface area contributed by atoms with Crippen LogP contribution in [0.2, 0.25) is 0 Å². The molecule has 2 heterocycles. The minimum Gasteiger partial charge on any atom is -0.619 e. The highest BCUT2D eigenvalue weighted by Crippen LogP contribution is 2.19. The Morgan fingerprint density at radius 2 is 2.13 bits per heavy atom. The standard InChI is InChI=1S/C17H13NO5/c1-11-4-5-14-13(8-16(19)23-15(14)7-11)10-22-17(20)12-3-2-6-18(21)9-12/h2-9H,10H2,1H3. The van der Waals surface area contributed by atoms with Crippen LogP contribution < -0.4 is 10.4 Å². The Morgan fingerprint density at radius 1 is 1.30 bits per heavy atom. The second-order valence-electron chi connectivity index (χ2n) is 5.12. The monoisotopic (exact) mass is 311 g/mol. The molecule has 0 radical (unpaired) electrons. The van der Waals surface area contributed by atoms with E-state index < -0.39 is 11.6 Å². The number of benzene rings is 1. The SMILES string of the molecule is Cc1ccc2c(COC(=O)c3ccc[n+]([O-])c3)cc(=O)oc2c1. The van der Waals surface area contributed by atoms with E-state index in [4.69, 9.17) is 9.15 Å². The van der Waals surface area contributed by atoms with Gasteiger partial charge < -0.3 is 14.4 Å². The fourth-order valence-electron chi connectivity index (χ4n) is 2.26. The van der Waals surface area contributed by atoms with Crippen LogP contribution in [0.15, 0.2) is 58.0 Å². The predicted octanol–water partition coefficient (Wildman–Crippen LogP) is 2.09. The molecule has 0 amide bonds. The molecule has 116 valence electrons. The molecule has 0 aliphatic rings. The van der Waals surface area contributed by atoms with Gasteiger partial charge in [-0.25, -0.2) is 9.59 Å². The summed E-state index contributed by atoms with van der Waals surface area (Å²) in [7, 11) is 0. The summed E-state index contributed by atoms with van der Waals surface area (Å²) in [6.07, 6.45) is 2.40. The van der Waals surface area contributed by atoms with E-state index in [1.165, 1.54) is 24.4 Å². The van der Waals surface area contributed by atoms with Crippen molar-refractivity contribution in [3.05, 3.63) is 81.1 Å². The Balaban J connectivity index is 1.87. The largest absolute Gasteiger partial charge is 0.619 e. The molecule has 0 bridgehead atoms. The molecular formula is C17H13NO5. The molecule has 6 nitrogen and oxygen atoms in total. The first-order chi connectivity index (χ1) is 11.0. The topological polar surface area (TPSA) is 83.5 Å². The van der Waals surface area contributed by atoms with Crippen LogP contribution in [0.1, 0.15) is 21.5 Å².